The van der Waals surface area contributed by atoms with Crippen LogP contribution < -0.4 is 0 Å². The van der Waals surface area contributed by atoms with E-state index >= 15 is 0 Å². The van der Waals surface area contributed by atoms with Crippen LogP contribution in [0.5, 0.6) is 0 Å². The summed E-state index contributed by atoms with van der Waals surface area (Å²) in [5.74, 6) is -0.122. The van der Waals surface area contributed by atoms with Gasteiger partial charge in [-0.3, -0.25) is 14.4 Å². The Labute approximate surface area is 120 Å². The maximum absolute atomic E-state index is 12.3. The van der Waals surface area contributed by atoms with Crippen molar-refractivity contribution in [3.8, 4) is 0 Å². The van der Waals surface area contributed by atoms with E-state index in [1.165, 1.54) is 13.8 Å². The predicted octanol–water partition coefficient (Wildman–Crippen LogP) is 0.324. The molecule has 0 spiro atoms. The average molecular weight is 283 g/mol. The van der Waals surface area contributed by atoms with Crippen LogP contribution in [0.4, 0.5) is 0 Å². The number of nitrogens with zero attached hydrogens (tertiary/aromatic N) is 3. The number of piperazine rings is 1. The Bertz CT molecular complexity index is 393. The number of rotatable bonds is 2. The Hall–Kier alpha value is -1.59. The fourth-order valence-corrected chi connectivity index (χ4v) is 2.33. The molecule has 0 aromatic rings. The lowest BCUT2D eigenvalue weighted by Gasteiger charge is -2.38. The number of hydrogen-bond donors (Lipinski definition) is 0. The topological polar surface area (TPSA) is 60.9 Å². The summed E-state index contributed by atoms with van der Waals surface area (Å²) >= 11 is 0. The molecule has 0 aliphatic carbocycles. The summed E-state index contributed by atoms with van der Waals surface area (Å²) in [6.45, 7) is 11.1. The van der Waals surface area contributed by atoms with Crippen molar-refractivity contribution >= 4 is 17.7 Å². The van der Waals surface area contributed by atoms with Crippen molar-refractivity contribution in [2.24, 2.45) is 0 Å². The summed E-state index contributed by atoms with van der Waals surface area (Å²) in [6, 6.07) is 0. The molecule has 1 aliphatic rings. The largest absolute Gasteiger partial charge is 0.339 e. The Morgan fingerprint density at radius 2 is 1.40 bits per heavy atom. The van der Waals surface area contributed by atoms with E-state index in [0.29, 0.717) is 26.2 Å². The third kappa shape index (κ3) is 4.21. The predicted molar refractivity (Wildman–Crippen MR) is 76.0 cm³/mol. The van der Waals surface area contributed by atoms with E-state index in [2.05, 4.69) is 0 Å². The third-order valence-corrected chi connectivity index (χ3v) is 3.56. The lowest BCUT2D eigenvalue weighted by atomic mass is 10.1. The second-order valence-corrected chi connectivity index (χ2v) is 6.16. The average Bonchev–Trinajstić information content (AvgIpc) is 2.33. The summed E-state index contributed by atoms with van der Waals surface area (Å²) in [7, 11) is 0. The van der Waals surface area contributed by atoms with Gasteiger partial charge in [0.05, 0.1) is 0 Å². The van der Waals surface area contributed by atoms with E-state index in [-0.39, 0.29) is 29.8 Å². The molecule has 0 radical (unpaired) electrons. The highest BCUT2D eigenvalue weighted by molar-refractivity contribution is 5.84. The van der Waals surface area contributed by atoms with E-state index in [1.807, 2.05) is 20.8 Å². The van der Waals surface area contributed by atoms with Gasteiger partial charge in [0, 0.05) is 45.6 Å². The zero-order valence-electron chi connectivity index (χ0n) is 13.1. The van der Waals surface area contributed by atoms with Gasteiger partial charge in [-0.05, 0) is 20.8 Å². The summed E-state index contributed by atoms with van der Waals surface area (Å²) in [5.41, 5.74) is -0.372. The lowest BCUT2D eigenvalue weighted by Crippen LogP contribution is -2.55. The van der Waals surface area contributed by atoms with Gasteiger partial charge in [0.1, 0.15) is 6.54 Å². The monoisotopic (exact) mass is 283 g/mol. The van der Waals surface area contributed by atoms with Crippen LogP contribution in [0.3, 0.4) is 0 Å². The molecule has 6 heteroatoms. The van der Waals surface area contributed by atoms with Crippen LogP contribution in [0.1, 0.15) is 34.6 Å². The molecule has 0 aromatic heterocycles. The molecule has 0 atom stereocenters. The summed E-state index contributed by atoms with van der Waals surface area (Å²) in [4.78, 5) is 40.2. The smallest absolute Gasteiger partial charge is 0.242 e. The SMILES string of the molecule is CC(=O)N1CCN(C(=O)CN(C(C)=O)C(C)(C)C)CC1. The van der Waals surface area contributed by atoms with Gasteiger partial charge in [-0.1, -0.05) is 0 Å². The Morgan fingerprint density at radius 1 is 0.950 bits per heavy atom. The molecule has 114 valence electrons. The van der Waals surface area contributed by atoms with Crippen molar-refractivity contribution < 1.29 is 14.4 Å². The normalized spacial score (nSPS) is 16.1. The van der Waals surface area contributed by atoms with Crippen LogP contribution in [0.15, 0.2) is 0 Å². The molecule has 1 heterocycles. The quantitative estimate of drug-likeness (QED) is 0.733. The maximum Gasteiger partial charge on any atom is 0.242 e. The van der Waals surface area contributed by atoms with E-state index in [4.69, 9.17) is 0 Å². The van der Waals surface area contributed by atoms with E-state index in [0.717, 1.165) is 0 Å². The minimum atomic E-state index is -0.372. The molecular formula is C14H25N3O3. The Kier molecular flexibility index (Phi) is 5.14. The van der Waals surface area contributed by atoms with Gasteiger partial charge in [0.15, 0.2) is 0 Å². The first kappa shape index (κ1) is 16.5. The first-order valence-corrected chi connectivity index (χ1v) is 6.94. The van der Waals surface area contributed by atoms with Gasteiger partial charge in [0.2, 0.25) is 17.7 Å². The van der Waals surface area contributed by atoms with Crippen molar-refractivity contribution in [1.29, 1.82) is 0 Å². The minimum absolute atomic E-state index is 0.0390. The standard InChI is InChI=1S/C14H25N3O3/c1-11(18)15-6-8-16(9-7-15)13(20)10-17(12(2)19)14(3,4)5/h6-10H2,1-5H3. The highest BCUT2D eigenvalue weighted by atomic mass is 16.2. The highest BCUT2D eigenvalue weighted by Gasteiger charge is 2.29. The van der Waals surface area contributed by atoms with Gasteiger partial charge >= 0.3 is 0 Å². The molecule has 0 bridgehead atoms. The van der Waals surface area contributed by atoms with E-state index in [1.54, 1.807) is 14.7 Å². The molecule has 1 aliphatic heterocycles. The Balaban J connectivity index is 2.59. The summed E-state index contributed by atoms with van der Waals surface area (Å²) < 4.78 is 0. The lowest BCUT2D eigenvalue weighted by molar-refractivity contribution is -0.145. The molecule has 0 saturated carbocycles. The third-order valence-electron chi connectivity index (χ3n) is 3.56. The van der Waals surface area contributed by atoms with Gasteiger partial charge in [-0.25, -0.2) is 0 Å². The fourth-order valence-electron chi connectivity index (χ4n) is 2.33. The second-order valence-electron chi connectivity index (χ2n) is 6.16. The molecule has 6 nitrogen and oxygen atoms in total. The molecule has 20 heavy (non-hydrogen) atoms. The summed E-state index contributed by atoms with van der Waals surface area (Å²) in [6.07, 6.45) is 0. The molecule has 3 amide bonds. The first-order valence-electron chi connectivity index (χ1n) is 6.94. The van der Waals surface area contributed by atoms with Crippen LogP contribution in [0, 0.1) is 0 Å². The summed E-state index contributed by atoms with van der Waals surface area (Å²) in [5, 5.41) is 0. The van der Waals surface area contributed by atoms with Crippen molar-refractivity contribution in [2.45, 2.75) is 40.2 Å². The zero-order chi connectivity index (χ0) is 15.5. The van der Waals surface area contributed by atoms with Gasteiger partial charge in [-0.2, -0.15) is 0 Å². The van der Waals surface area contributed by atoms with Crippen LogP contribution in [0.25, 0.3) is 0 Å². The van der Waals surface area contributed by atoms with E-state index < -0.39 is 0 Å². The van der Waals surface area contributed by atoms with Crippen LogP contribution in [-0.2, 0) is 14.4 Å². The maximum atomic E-state index is 12.3. The van der Waals surface area contributed by atoms with Crippen LogP contribution in [0.2, 0.25) is 0 Å². The Morgan fingerprint density at radius 3 is 1.75 bits per heavy atom. The van der Waals surface area contributed by atoms with E-state index in [9.17, 15) is 14.4 Å². The van der Waals surface area contributed by atoms with Crippen molar-refractivity contribution in [3.05, 3.63) is 0 Å². The minimum Gasteiger partial charge on any atom is -0.339 e. The second kappa shape index (κ2) is 6.24. The molecule has 0 aromatic carbocycles. The van der Waals surface area contributed by atoms with Crippen LogP contribution in [-0.4, -0.2) is 70.7 Å². The fraction of sp³-hybridized carbons (Fsp3) is 0.786. The molecule has 1 rings (SSSR count). The van der Waals surface area contributed by atoms with Gasteiger partial charge in [-0.15, -0.1) is 0 Å². The van der Waals surface area contributed by atoms with Crippen molar-refractivity contribution in [2.75, 3.05) is 32.7 Å². The first-order chi connectivity index (χ1) is 9.12. The zero-order valence-corrected chi connectivity index (χ0v) is 13.1. The van der Waals surface area contributed by atoms with Gasteiger partial charge in [0.25, 0.3) is 0 Å². The molecule has 1 fully saturated rings. The van der Waals surface area contributed by atoms with Crippen molar-refractivity contribution in [3.63, 3.8) is 0 Å². The molecular weight excluding hydrogens is 258 g/mol. The molecule has 0 unspecified atom stereocenters. The number of amides is 3. The molecule has 1 saturated heterocycles. The van der Waals surface area contributed by atoms with Crippen molar-refractivity contribution in [1.82, 2.24) is 14.7 Å². The highest BCUT2D eigenvalue weighted by Crippen LogP contribution is 2.14. The van der Waals surface area contributed by atoms with Gasteiger partial charge < -0.3 is 14.7 Å². The van der Waals surface area contributed by atoms with Crippen LogP contribution >= 0.6 is 0 Å². The number of carbonyl (C=O) groups is 3. The molecule has 0 N–H and O–H groups in total. The number of hydrogen-bond acceptors (Lipinski definition) is 3. The number of carbonyl (C=O) groups excluding carboxylic acids is 3.